The molecule has 3 N–H and O–H groups in total. The fourth-order valence-electron chi connectivity index (χ4n) is 2.60. The Balaban J connectivity index is 1.83. The van der Waals surface area contributed by atoms with E-state index >= 15 is 0 Å². The number of thiophene rings is 1. The van der Waals surface area contributed by atoms with E-state index in [4.69, 9.17) is 10.5 Å². The predicted octanol–water partition coefficient (Wildman–Crippen LogP) is 3.43. The van der Waals surface area contributed by atoms with Gasteiger partial charge in [-0.15, -0.1) is 21.5 Å². The summed E-state index contributed by atoms with van der Waals surface area (Å²) in [5.41, 5.74) is 6.21. The number of hydrogen-bond donors (Lipinski definition) is 2. The van der Waals surface area contributed by atoms with Gasteiger partial charge in [-0.25, -0.2) is 4.39 Å². The van der Waals surface area contributed by atoms with Crippen molar-refractivity contribution >= 4 is 33.1 Å². The molecule has 0 aliphatic carbocycles. The van der Waals surface area contributed by atoms with E-state index in [1.807, 2.05) is 18.2 Å². The van der Waals surface area contributed by atoms with Crippen LogP contribution in [-0.2, 0) is 4.74 Å². The predicted molar refractivity (Wildman–Crippen MR) is 98.1 cm³/mol. The number of primary amides is 1. The van der Waals surface area contributed by atoms with E-state index in [1.54, 1.807) is 24.5 Å². The molecular formula is C18H13FN4O2S. The number of carbonyl (C=O) groups excluding carboxylic acids is 1. The molecular weight excluding hydrogens is 355 g/mol. The normalized spacial score (nSPS) is 15.8. The first-order chi connectivity index (χ1) is 12.6. The largest absolute Gasteiger partial charge is 0.475 e. The third-order valence-corrected chi connectivity index (χ3v) is 4.97. The number of carbonyl (C=O) groups is 1. The monoisotopic (exact) mass is 368 g/mol. The first-order valence-corrected chi connectivity index (χ1v) is 8.55. The summed E-state index contributed by atoms with van der Waals surface area (Å²) in [5, 5.41) is 11.8. The molecule has 1 aromatic carbocycles. The standard InChI is InChI=1S/C18H13FN4O2S/c19-11-5-3-4-10(8-11)13-9-12-16(26-13)15(17(20)24)22-23-18(12)21-14-6-1-2-7-25-14/h1-9,14H,(H2,20,24)(H,21,23). The first kappa shape index (κ1) is 16.2. The number of fused-ring (bicyclic) bond motifs is 1. The highest BCUT2D eigenvalue weighted by atomic mass is 32.1. The molecule has 0 radical (unpaired) electrons. The summed E-state index contributed by atoms with van der Waals surface area (Å²) in [6.07, 6.45) is 6.58. The number of hydrogen-bond acceptors (Lipinski definition) is 6. The highest BCUT2D eigenvalue weighted by Crippen LogP contribution is 2.37. The molecule has 1 amide bonds. The van der Waals surface area contributed by atoms with Gasteiger partial charge in [-0.1, -0.05) is 18.2 Å². The molecule has 0 fully saturated rings. The maximum atomic E-state index is 13.6. The van der Waals surface area contributed by atoms with Gasteiger partial charge in [0.25, 0.3) is 5.91 Å². The molecule has 1 aliphatic heterocycles. The van der Waals surface area contributed by atoms with E-state index in [-0.39, 0.29) is 11.5 Å². The number of rotatable bonds is 4. The molecule has 1 unspecified atom stereocenters. The zero-order chi connectivity index (χ0) is 18.1. The lowest BCUT2D eigenvalue weighted by atomic mass is 10.1. The Kier molecular flexibility index (Phi) is 4.10. The van der Waals surface area contributed by atoms with Gasteiger partial charge in [0.2, 0.25) is 0 Å². The van der Waals surface area contributed by atoms with Crippen LogP contribution < -0.4 is 11.1 Å². The number of halogens is 1. The maximum Gasteiger partial charge on any atom is 0.270 e. The first-order valence-electron chi connectivity index (χ1n) is 7.73. The number of aromatic nitrogens is 2. The van der Waals surface area contributed by atoms with E-state index in [0.717, 1.165) is 4.88 Å². The third kappa shape index (κ3) is 3.02. The molecule has 4 rings (SSSR count). The quantitative estimate of drug-likeness (QED) is 0.736. The van der Waals surface area contributed by atoms with Gasteiger partial charge in [0.1, 0.15) is 5.82 Å². The van der Waals surface area contributed by atoms with Crippen LogP contribution in [0.2, 0.25) is 0 Å². The molecule has 0 bridgehead atoms. The van der Waals surface area contributed by atoms with E-state index in [1.165, 1.54) is 23.5 Å². The summed E-state index contributed by atoms with van der Waals surface area (Å²) >= 11 is 1.31. The summed E-state index contributed by atoms with van der Waals surface area (Å²) in [6, 6.07) is 8.07. The lowest BCUT2D eigenvalue weighted by Gasteiger charge is -2.17. The van der Waals surface area contributed by atoms with Gasteiger partial charge >= 0.3 is 0 Å². The Bertz CT molecular complexity index is 1060. The van der Waals surface area contributed by atoms with Gasteiger partial charge in [-0.3, -0.25) is 4.79 Å². The fourth-order valence-corrected chi connectivity index (χ4v) is 3.74. The topological polar surface area (TPSA) is 90.1 Å². The molecule has 0 saturated carbocycles. The zero-order valence-corrected chi connectivity index (χ0v) is 14.2. The highest BCUT2D eigenvalue weighted by molar-refractivity contribution is 7.22. The van der Waals surface area contributed by atoms with Crippen LogP contribution in [0.15, 0.2) is 54.8 Å². The van der Waals surface area contributed by atoms with Crippen molar-refractivity contribution in [2.75, 3.05) is 5.32 Å². The second kappa shape index (κ2) is 6.57. The van der Waals surface area contributed by atoms with E-state index in [0.29, 0.717) is 21.5 Å². The van der Waals surface area contributed by atoms with Gasteiger partial charge in [0.05, 0.1) is 11.0 Å². The minimum absolute atomic E-state index is 0.0817. The Hall–Kier alpha value is -3.26. The number of nitrogens with two attached hydrogens (primary N) is 1. The SMILES string of the molecule is NC(=O)c1nnc(NC2C=CC=CO2)c2cc(-c3cccc(F)c3)sc12. The minimum atomic E-state index is -0.668. The van der Waals surface area contributed by atoms with Crippen LogP contribution in [-0.4, -0.2) is 22.3 Å². The Labute approximate surface area is 151 Å². The Morgan fingerprint density at radius 3 is 2.88 bits per heavy atom. The van der Waals surface area contributed by atoms with Crippen molar-refractivity contribution in [2.45, 2.75) is 6.23 Å². The van der Waals surface area contributed by atoms with E-state index < -0.39 is 12.1 Å². The van der Waals surface area contributed by atoms with E-state index in [2.05, 4.69) is 15.5 Å². The van der Waals surface area contributed by atoms with Gasteiger partial charge in [0, 0.05) is 10.3 Å². The van der Waals surface area contributed by atoms with Gasteiger partial charge in [-0.2, -0.15) is 0 Å². The Morgan fingerprint density at radius 1 is 1.27 bits per heavy atom. The summed E-state index contributed by atoms with van der Waals surface area (Å²) in [7, 11) is 0. The number of allylic oxidation sites excluding steroid dienone is 2. The lowest BCUT2D eigenvalue weighted by Crippen LogP contribution is -2.21. The molecule has 2 aromatic heterocycles. The van der Waals surface area contributed by atoms with Crippen LogP contribution >= 0.6 is 11.3 Å². The van der Waals surface area contributed by atoms with Gasteiger partial charge in [-0.05, 0) is 35.9 Å². The fraction of sp³-hybridized carbons (Fsp3) is 0.0556. The number of amides is 1. The Morgan fingerprint density at radius 2 is 2.15 bits per heavy atom. The van der Waals surface area contributed by atoms with Crippen molar-refractivity contribution in [3.63, 3.8) is 0 Å². The molecule has 6 nitrogen and oxygen atoms in total. The van der Waals surface area contributed by atoms with Crippen LogP contribution in [0.5, 0.6) is 0 Å². The molecule has 0 spiro atoms. The van der Waals surface area contributed by atoms with Crippen LogP contribution in [0.3, 0.4) is 0 Å². The third-order valence-electron chi connectivity index (χ3n) is 3.77. The van der Waals surface area contributed by atoms with Crippen LogP contribution in [0, 0.1) is 5.82 Å². The zero-order valence-electron chi connectivity index (χ0n) is 13.3. The van der Waals surface area contributed by atoms with Crippen molar-refractivity contribution in [1.82, 2.24) is 10.2 Å². The smallest absolute Gasteiger partial charge is 0.270 e. The van der Waals surface area contributed by atoms with Crippen LogP contribution in [0.4, 0.5) is 10.2 Å². The van der Waals surface area contributed by atoms with Crippen molar-refractivity contribution in [1.29, 1.82) is 0 Å². The van der Waals surface area contributed by atoms with E-state index in [9.17, 15) is 9.18 Å². The maximum absolute atomic E-state index is 13.6. The summed E-state index contributed by atoms with van der Waals surface area (Å²) in [5.74, 6) is -0.551. The van der Waals surface area contributed by atoms with Crippen molar-refractivity contribution < 1.29 is 13.9 Å². The average Bonchev–Trinajstić information content (AvgIpc) is 3.08. The van der Waals surface area contributed by atoms with Crippen LogP contribution in [0.1, 0.15) is 10.5 Å². The lowest BCUT2D eigenvalue weighted by molar-refractivity contribution is 0.0996. The highest BCUT2D eigenvalue weighted by Gasteiger charge is 2.19. The molecule has 0 saturated heterocycles. The second-order valence-corrected chi connectivity index (χ2v) is 6.59. The van der Waals surface area contributed by atoms with Crippen molar-refractivity contribution in [3.05, 3.63) is 66.3 Å². The summed E-state index contributed by atoms with van der Waals surface area (Å²) in [6.45, 7) is 0. The van der Waals surface area contributed by atoms with Gasteiger partial charge in [0.15, 0.2) is 17.7 Å². The molecule has 3 heterocycles. The average molecular weight is 368 g/mol. The second-order valence-electron chi connectivity index (χ2n) is 5.54. The van der Waals surface area contributed by atoms with Crippen LogP contribution in [0.25, 0.3) is 20.5 Å². The summed E-state index contributed by atoms with van der Waals surface area (Å²) in [4.78, 5) is 12.5. The number of ether oxygens (including phenoxy) is 1. The molecule has 26 heavy (non-hydrogen) atoms. The minimum Gasteiger partial charge on any atom is -0.475 e. The van der Waals surface area contributed by atoms with Crippen molar-refractivity contribution in [3.8, 4) is 10.4 Å². The van der Waals surface area contributed by atoms with Crippen molar-refractivity contribution in [2.24, 2.45) is 5.73 Å². The number of nitrogens with zero attached hydrogens (tertiary/aromatic N) is 2. The molecule has 1 atom stereocenters. The van der Waals surface area contributed by atoms with Gasteiger partial charge < -0.3 is 15.8 Å². The molecule has 8 heteroatoms. The molecule has 1 aliphatic rings. The number of benzene rings is 1. The summed E-state index contributed by atoms with van der Waals surface area (Å²) < 4.78 is 19.6. The molecule has 3 aromatic rings. The number of anilines is 1. The number of nitrogens with one attached hydrogen (secondary N) is 1. The molecule has 130 valence electrons.